The molecule has 0 spiro atoms. The summed E-state index contributed by atoms with van der Waals surface area (Å²) in [5, 5.41) is 0. The maximum Gasteiger partial charge on any atom is 0.330 e. The summed E-state index contributed by atoms with van der Waals surface area (Å²) in [7, 11) is 5.86. The van der Waals surface area contributed by atoms with E-state index in [0.717, 1.165) is 12.6 Å². The van der Waals surface area contributed by atoms with Crippen LogP contribution in [0.2, 0.25) is 0 Å². The second kappa shape index (κ2) is 12.1. The second-order valence-electron chi connectivity index (χ2n) is 2.52. The van der Waals surface area contributed by atoms with Gasteiger partial charge in [0.25, 0.3) is 9.38 Å². The van der Waals surface area contributed by atoms with Gasteiger partial charge in [0.05, 0.1) is 7.11 Å². The molecule has 14 heavy (non-hydrogen) atoms. The molecule has 0 saturated carbocycles. The van der Waals surface area contributed by atoms with Gasteiger partial charge in [-0.2, -0.15) is 0 Å². The van der Waals surface area contributed by atoms with Crippen LogP contribution in [0, 0.1) is 0 Å². The molecule has 0 saturated heterocycles. The van der Waals surface area contributed by atoms with E-state index in [1.165, 1.54) is 0 Å². The predicted molar refractivity (Wildman–Crippen MR) is 59.6 cm³/mol. The van der Waals surface area contributed by atoms with E-state index < -0.39 is 0 Å². The molecule has 5 heteroatoms. The number of likely N-dealkylation sites (N-methyl/N-ethyl adjacent to an activating group) is 1. The Kier molecular flexibility index (Phi) is 13.4. The van der Waals surface area contributed by atoms with Crippen LogP contribution in [0.5, 0.6) is 0 Å². The standard InChI is InChI=1S/C7H13NO2.C2H5OSi/c1-4-7(9)10-6-5-8(2)3;1-3-4-2/h4H,1,5-6H2,2-3H3;2H2,1H3. The molecule has 0 aliphatic carbocycles. The first-order valence-electron chi connectivity index (χ1n) is 4.07. The molecular weight excluding hydrogens is 198 g/mol. The van der Waals surface area contributed by atoms with Crippen molar-refractivity contribution in [3.63, 3.8) is 0 Å². The number of hydrogen-bond donors (Lipinski definition) is 0. The average Bonchev–Trinajstić information content (AvgIpc) is 2.17. The van der Waals surface area contributed by atoms with E-state index in [1.54, 1.807) is 7.11 Å². The normalized spacial score (nSPS) is 8.29. The summed E-state index contributed by atoms with van der Waals surface area (Å²) < 4.78 is 9.16. The minimum absolute atomic E-state index is 0.359. The van der Waals surface area contributed by atoms with Crippen LogP contribution in [0.15, 0.2) is 12.7 Å². The smallest absolute Gasteiger partial charge is 0.330 e. The quantitative estimate of drug-likeness (QED) is 0.367. The van der Waals surface area contributed by atoms with Gasteiger partial charge in [0, 0.05) is 12.6 Å². The first-order valence-corrected chi connectivity index (χ1v) is 5.19. The molecule has 0 aromatic carbocycles. The van der Waals surface area contributed by atoms with Gasteiger partial charge in [-0.1, -0.05) is 12.8 Å². The predicted octanol–water partition coefficient (Wildman–Crippen LogP) is -0.0388. The molecule has 0 aliphatic rings. The number of hydrogen-bond acceptors (Lipinski definition) is 4. The van der Waals surface area contributed by atoms with E-state index in [4.69, 9.17) is 4.74 Å². The van der Waals surface area contributed by atoms with Crippen molar-refractivity contribution in [3.05, 3.63) is 12.7 Å². The minimum Gasteiger partial charge on any atom is -0.551 e. The lowest BCUT2D eigenvalue weighted by Gasteiger charge is -2.07. The van der Waals surface area contributed by atoms with E-state index in [0.29, 0.717) is 16.0 Å². The first kappa shape index (κ1) is 15.5. The van der Waals surface area contributed by atoms with Crippen LogP contribution in [0.4, 0.5) is 0 Å². The average molecular weight is 216 g/mol. The zero-order valence-electron chi connectivity index (χ0n) is 9.08. The Morgan fingerprint density at radius 2 is 2.07 bits per heavy atom. The molecule has 0 amide bonds. The van der Waals surface area contributed by atoms with Crippen LogP contribution >= 0.6 is 0 Å². The van der Waals surface area contributed by atoms with Crippen LogP contribution in [0.25, 0.3) is 0 Å². The van der Waals surface area contributed by atoms with Crippen molar-refractivity contribution >= 4 is 21.5 Å². The van der Waals surface area contributed by atoms with E-state index >= 15 is 0 Å². The fourth-order valence-electron chi connectivity index (χ4n) is 0.388. The zero-order chi connectivity index (χ0) is 11.4. The van der Waals surface area contributed by atoms with Gasteiger partial charge >= 0.3 is 5.97 Å². The molecule has 81 valence electrons. The molecule has 0 rings (SSSR count). The summed E-state index contributed by atoms with van der Waals surface area (Å²) in [5.74, 6) is -0.359. The highest BCUT2D eigenvalue weighted by Crippen LogP contribution is 1.80. The van der Waals surface area contributed by atoms with Crippen molar-refractivity contribution in [2.24, 2.45) is 0 Å². The topological polar surface area (TPSA) is 38.8 Å². The molecule has 0 bridgehead atoms. The monoisotopic (exact) mass is 216 g/mol. The summed E-state index contributed by atoms with van der Waals surface area (Å²) >= 11 is 0. The fraction of sp³-hybridized carbons (Fsp3) is 0.556. The first-order chi connectivity index (χ1) is 6.58. The number of ether oxygens (including phenoxy) is 1. The maximum absolute atomic E-state index is 10.4. The van der Waals surface area contributed by atoms with Crippen molar-refractivity contribution in [1.82, 2.24) is 4.90 Å². The van der Waals surface area contributed by atoms with Gasteiger partial charge in [-0.25, -0.2) is 4.79 Å². The van der Waals surface area contributed by atoms with Gasteiger partial charge in [0.1, 0.15) is 6.61 Å². The largest absolute Gasteiger partial charge is 0.551 e. The molecule has 0 heterocycles. The third-order valence-electron chi connectivity index (χ3n) is 1.09. The van der Waals surface area contributed by atoms with Gasteiger partial charge in [0.15, 0.2) is 0 Å². The summed E-state index contributed by atoms with van der Waals surface area (Å²) in [6.07, 6.45) is 4.57. The molecule has 0 aromatic heterocycles. The lowest BCUT2D eigenvalue weighted by atomic mass is 10.6. The third kappa shape index (κ3) is 17.2. The molecule has 0 fully saturated rings. The van der Waals surface area contributed by atoms with E-state index in [2.05, 4.69) is 17.2 Å². The Labute approximate surface area is 88.1 Å². The molecule has 0 aliphatic heterocycles. The van der Waals surface area contributed by atoms with Crippen LogP contribution in [-0.2, 0) is 14.0 Å². The number of carbonyl (C=O) groups excluding carboxylic acids is 1. The van der Waals surface area contributed by atoms with Crippen LogP contribution in [0.1, 0.15) is 0 Å². The Hall–Kier alpha value is -0.943. The van der Waals surface area contributed by atoms with E-state index in [1.807, 2.05) is 19.0 Å². The molecular formula is C9H18NO3Si. The van der Waals surface area contributed by atoms with Gasteiger partial charge in [-0.3, -0.25) is 0 Å². The van der Waals surface area contributed by atoms with Crippen LogP contribution in [-0.4, -0.2) is 60.8 Å². The van der Waals surface area contributed by atoms with Gasteiger partial charge in [-0.15, -0.1) is 0 Å². The summed E-state index contributed by atoms with van der Waals surface area (Å²) in [4.78, 5) is 12.4. The van der Waals surface area contributed by atoms with Gasteiger partial charge in [-0.05, 0) is 14.1 Å². The number of esters is 1. The number of rotatable bonds is 5. The molecule has 4 nitrogen and oxygen atoms in total. The van der Waals surface area contributed by atoms with E-state index in [-0.39, 0.29) is 5.97 Å². The Bertz CT molecular complexity index is 171. The Balaban J connectivity index is 0. The lowest BCUT2D eigenvalue weighted by molar-refractivity contribution is -0.137. The SMILES string of the molecule is C=CC(=O)OCCN(C)C.C=[Si]OC. The van der Waals surface area contributed by atoms with Crippen molar-refractivity contribution in [2.45, 2.75) is 0 Å². The van der Waals surface area contributed by atoms with E-state index in [9.17, 15) is 4.79 Å². The molecule has 0 N–H and O–H groups in total. The molecule has 0 unspecified atom stereocenters. The van der Waals surface area contributed by atoms with Crippen LogP contribution in [0.3, 0.4) is 0 Å². The highest BCUT2D eigenvalue weighted by atomic mass is 28.2. The number of carbonyl (C=O) groups is 1. The Morgan fingerprint density at radius 3 is 2.36 bits per heavy atom. The van der Waals surface area contributed by atoms with Gasteiger partial charge in [0.2, 0.25) is 0 Å². The lowest BCUT2D eigenvalue weighted by Crippen LogP contribution is -2.19. The Morgan fingerprint density at radius 1 is 1.57 bits per heavy atom. The highest BCUT2D eigenvalue weighted by molar-refractivity contribution is 6.33. The van der Waals surface area contributed by atoms with Crippen molar-refractivity contribution in [2.75, 3.05) is 34.4 Å². The van der Waals surface area contributed by atoms with Gasteiger partial charge < -0.3 is 14.1 Å². The van der Waals surface area contributed by atoms with Crippen molar-refractivity contribution in [3.8, 4) is 0 Å². The molecule has 0 atom stereocenters. The summed E-state index contributed by atoms with van der Waals surface area (Å²) in [6, 6.07) is 0. The maximum atomic E-state index is 10.4. The fourth-order valence-corrected chi connectivity index (χ4v) is 0.388. The molecule has 1 radical (unpaired) electrons. The second-order valence-corrected chi connectivity index (χ2v) is 3.22. The minimum atomic E-state index is -0.359. The molecule has 0 aromatic rings. The summed E-state index contributed by atoms with van der Waals surface area (Å²) in [6.45, 7) is 4.45. The highest BCUT2D eigenvalue weighted by Gasteiger charge is 1.94. The summed E-state index contributed by atoms with van der Waals surface area (Å²) in [5.41, 5.74) is 0. The number of nitrogens with zero attached hydrogens (tertiary/aromatic N) is 1. The van der Waals surface area contributed by atoms with Crippen LogP contribution < -0.4 is 0 Å². The van der Waals surface area contributed by atoms with Crippen molar-refractivity contribution < 1.29 is 14.0 Å². The third-order valence-corrected chi connectivity index (χ3v) is 1.38. The van der Waals surface area contributed by atoms with Crippen molar-refractivity contribution in [1.29, 1.82) is 0 Å². The zero-order valence-corrected chi connectivity index (χ0v) is 10.1.